The van der Waals surface area contributed by atoms with E-state index in [9.17, 15) is 14.0 Å². The lowest BCUT2D eigenvalue weighted by molar-refractivity contribution is 0.0988. The van der Waals surface area contributed by atoms with Crippen molar-refractivity contribution in [2.75, 3.05) is 0 Å². The van der Waals surface area contributed by atoms with Gasteiger partial charge in [0.15, 0.2) is 11.6 Å². The minimum Gasteiger partial charge on any atom is -0.358 e. The first-order chi connectivity index (χ1) is 12.0. The number of H-pyrrole nitrogens is 1. The van der Waals surface area contributed by atoms with E-state index < -0.39 is 11.6 Å². The molecule has 2 heterocycles. The maximum absolute atomic E-state index is 14.0. The molecule has 0 atom stereocenters. The third kappa shape index (κ3) is 3.51. The number of Topliss-reactive ketones (excluding diaryl/α,β-unsaturated/α-hetero) is 1. The highest BCUT2D eigenvalue weighted by Crippen LogP contribution is 2.26. The SMILES string of the molecule is Cc1ccc(F)c(C(=O)c2c[nH]c(C(=O)Cc3cccnc3)c2)c1Cl. The van der Waals surface area contributed by atoms with Crippen molar-refractivity contribution >= 4 is 23.2 Å². The van der Waals surface area contributed by atoms with E-state index >= 15 is 0 Å². The van der Waals surface area contributed by atoms with Gasteiger partial charge < -0.3 is 4.98 Å². The van der Waals surface area contributed by atoms with E-state index in [1.54, 1.807) is 31.5 Å². The second-order valence-corrected chi connectivity index (χ2v) is 6.02. The number of nitrogens with one attached hydrogen (secondary N) is 1. The van der Waals surface area contributed by atoms with Gasteiger partial charge in [-0.2, -0.15) is 0 Å². The van der Waals surface area contributed by atoms with Crippen LogP contribution in [0.15, 0.2) is 48.9 Å². The molecule has 1 N–H and O–H groups in total. The molecule has 4 nitrogen and oxygen atoms in total. The Morgan fingerprint density at radius 2 is 2.08 bits per heavy atom. The standard InChI is InChI=1S/C19H14ClFN2O2/c1-11-4-5-14(21)17(18(11)20)19(25)13-8-15(23-10-13)16(24)7-12-3-2-6-22-9-12/h2-6,8-10,23H,7H2,1H3. The van der Waals surface area contributed by atoms with Gasteiger partial charge in [0.25, 0.3) is 0 Å². The molecule has 0 fully saturated rings. The minimum atomic E-state index is -0.690. The van der Waals surface area contributed by atoms with Crippen molar-refractivity contribution in [2.24, 2.45) is 0 Å². The molecule has 0 aliphatic heterocycles. The van der Waals surface area contributed by atoms with Gasteiger partial charge >= 0.3 is 0 Å². The Labute approximate surface area is 148 Å². The van der Waals surface area contributed by atoms with Crippen LogP contribution >= 0.6 is 11.6 Å². The van der Waals surface area contributed by atoms with Crippen LogP contribution in [-0.2, 0) is 6.42 Å². The van der Waals surface area contributed by atoms with Crippen molar-refractivity contribution in [3.05, 3.63) is 87.7 Å². The number of aromatic amines is 1. The van der Waals surface area contributed by atoms with Crippen molar-refractivity contribution in [3.63, 3.8) is 0 Å². The largest absolute Gasteiger partial charge is 0.358 e. The molecule has 0 radical (unpaired) electrons. The van der Waals surface area contributed by atoms with Gasteiger partial charge in [0.05, 0.1) is 16.3 Å². The monoisotopic (exact) mass is 356 g/mol. The van der Waals surface area contributed by atoms with Gasteiger partial charge in [-0.25, -0.2) is 4.39 Å². The Morgan fingerprint density at radius 1 is 1.28 bits per heavy atom. The molecule has 126 valence electrons. The Balaban J connectivity index is 1.85. The van der Waals surface area contributed by atoms with Crippen molar-refractivity contribution in [2.45, 2.75) is 13.3 Å². The first kappa shape index (κ1) is 17.0. The summed E-state index contributed by atoms with van der Waals surface area (Å²) in [7, 11) is 0. The molecule has 0 aliphatic rings. The first-order valence-electron chi connectivity index (χ1n) is 7.57. The lowest BCUT2D eigenvalue weighted by atomic mass is 10.0. The number of benzene rings is 1. The van der Waals surface area contributed by atoms with Crippen LogP contribution in [0.4, 0.5) is 4.39 Å². The Bertz CT molecular complexity index is 951. The highest BCUT2D eigenvalue weighted by Gasteiger charge is 2.21. The van der Waals surface area contributed by atoms with Crippen LogP contribution in [0.25, 0.3) is 0 Å². The van der Waals surface area contributed by atoms with Gasteiger partial charge in [0.2, 0.25) is 0 Å². The van der Waals surface area contributed by atoms with E-state index in [2.05, 4.69) is 9.97 Å². The molecule has 3 aromatic rings. The number of rotatable bonds is 5. The van der Waals surface area contributed by atoms with Gasteiger partial charge in [-0.3, -0.25) is 14.6 Å². The van der Waals surface area contributed by atoms with Crippen molar-refractivity contribution in [1.29, 1.82) is 0 Å². The number of hydrogen-bond acceptors (Lipinski definition) is 3. The molecule has 25 heavy (non-hydrogen) atoms. The van der Waals surface area contributed by atoms with Crippen molar-refractivity contribution < 1.29 is 14.0 Å². The lowest BCUT2D eigenvalue weighted by Gasteiger charge is -2.06. The van der Waals surface area contributed by atoms with Gasteiger partial charge in [0, 0.05) is 30.6 Å². The number of nitrogens with zero attached hydrogens (tertiary/aromatic N) is 1. The Hall–Kier alpha value is -2.79. The third-order valence-electron chi connectivity index (χ3n) is 3.84. The van der Waals surface area contributed by atoms with Crippen LogP contribution in [-0.4, -0.2) is 21.5 Å². The number of hydrogen-bond donors (Lipinski definition) is 1. The molecular weight excluding hydrogens is 343 g/mol. The Kier molecular flexibility index (Phi) is 4.76. The number of pyridine rings is 1. The fourth-order valence-electron chi connectivity index (χ4n) is 2.48. The van der Waals surface area contributed by atoms with E-state index in [1.807, 2.05) is 0 Å². The normalized spacial score (nSPS) is 10.7. The zero-order chi connectivity index (χ0) is 18.0. The third-order valence-corrected chi connectivity index (χ3v) is 4.33. The fourth-order valence-corrected chi connectivity index (χ4v) is 2.72. The summed E-state index contributed by atoms with van der Waals surface area (Å²) < 4.78 is 14.0. The summed E-state index contributed by atoms with van der Waals surface area (Å²) in [5.74, 6) is -1.45. The topological polar surface area (TPSA) is 62.8 Å². The summed E-state index contributed by atoms with van der Waals surface area (Å²) in [5, 5.41) is 0.0782. The molecule has 3 rings (SSSR count). The van der Waals surface area contributed by atoms with Crippen LogP contribution in [0.5, 0.6) is 0 Å². The zero-order valence-corrected chi connectivity index (χ0v) is 14.1. The first-order valence-corrected chi connectivity index (χ1v) is 7.95. The summed E-state index contributed by atoms with van der Waals surface area (Å²) in [6.07, 6.45) is 4.77. The van der Waals surface area contributed by atoms with Gasteiger partial charge in [-0.1, -0.05) is 23.7 Å². The van der Waals surface area contributed by atoms with E-state index in [0.717, 1.165) is 5.56 Å². The van der Waals surface area contributed by atoms with E-state index in [-0.39, 0.29) is 34.0 Å². The van der Waals surface area contributed by atoms with Crippen LogP contribution in [0, 0.1) is 12.7 Å². The molecule has 0 unspecified atom stereocenters. The molecular formula is C19H14ClFN2O2. The number of aryl methyl sites for hydroxylation is 1. The highest BCUT2D eigenvalue weighted by molar-refractivity contribution is 6.35. The fraction of sp³-hybridized carbons (Fsp3) is 0.105. The number of halogens is 2. The van der Waals surface area contributed by atoms with E-state index in [1.165, 1.54) is 24.4 Å². The summed E-state index contributed by atoms with van der Waals surface area (Å²) in [6, 6.07) is 7.67. The number of aromatic nitrogens is 2. The van der Waals surface area contributed by atoms with E-state index in [4.69, 9.17) is 11.6 Å². The van der Waals surface area contributed by atoms with Crippen molar-refractivity contribution in [3.8, 4) is 0 Å². The molecule has 0 bridgehead atoms. The number of ketones is 2. The predicted molar refractivity (Wildman–Crippen MR) is 92.6 cm³/mol. The molecule has 1 aromatic carbocycles. The molecule has 0 aliphatic carbocycles. The summed E-state index contributed by atoms with van der Waals surface area (Å²) in [5.41, 5.74) is 1.64. The molecule has 0 saturated carbocycles. The lowest BCUT2D eigenvalue weighted by Crippen LogP contribution is -2.06. The van der Waals surface area contributed by atoms with Crippen molar-refractivity contribution in [1.82, 2.24) is 9.97 Å². The number of carbonyl (C=O) groups excluding carboxylic acids is 2. The van der Waals surface area contributed by atoms with Crippen LogP contribution < -0.4 is 0 Å². The second-order valence-electron chi connectivity index (χ2n) is 5.65. The van der Waals surface area contributed by atoms with Crippen LogP contribution in [0.3, 0.4) is 0 Å². The molecule has 2 aromatic heterocycles. The summed E-state index contributed by atoms with van der Waals surface area (Å²) in [4.78, 5) is 31.6. The van der Waals surface area contributed by atoms with E-state index in [0.29, 0.717) is 5.56 Å². The van der Waals surface area contributed by atoms with Gasteiger partial charge in [-0.15, -0.1) is 0 Å². The zero-order valence-electron chi connectivity index (χ0n) is 13.3. The highest BCUT2D eigenvalue weighted by atomic mass is 35.5. The Morgan fingerprint density at radius 3 is 2.80 bits per heavy atom. The predicted octanol–water partition coefficient (Wildman–Crippen LogP) is 4.17. The summed E-state index contributed by atoms with van der Waals surface area (Å²) >= 11 is 6.08. The summed E-state index contributed by atoms with van der Waals surface area (Å²) in [6.45, 7) is 1.69. The molecule has 0 amide bonds. The average molecular weight is 357 g/mol. The average Bonchev–Trinajstić information content (AvgIpc) is 3.09. The smallest absolute Gasteiger partial charge is 0.199 e. The molecule has 0 spiro atoms. The quantitative estimate of drug-likeness (QED) is 0.698. The molecule has 0 saturated heterocycles. The molecule has 6 heteroatoms. The van der Waals surface area contributed by atoms with Crippen LogP contribution in [0.2, 0.25) is 5.02 Å². The number of carbonyl (C=O) groups is 2. The van der Waals surface area contributed by atoms with Gasteiger partial charge in [0.1, 0.15) is 5.82 Å². The maximum Gasteiger partial charge on any atom is 0.199 e. The minimum absolute atomic E-state index is 0.0782. The van der Waals surface area contributed by atoms with Crippen LogP contribution in [0.1, 0.15) is 37.5 Å². The second kappa shape index (κ2) is 6.99. The van der Waals surface area contributed by atoms with Gasteiger partial charge in [-0.05, 0) is 36.2 Å². The maximum atomic E-state index is 14.0.